The molecule has 23 heavy (non-hydrogen) atoms. The molecule has 0 fully saturated rings. The number of benzene rings is 3. The van der Waals surface area contributed by atoms with E-state index in [1.807, 2.05) is 0 Å². The Bertz CT molecular complexity index is 783. The van der Waals surface area contributed by atoms with Crippen LogP contribution in [0, 0.1) is 0 Å². The second-order valence-corrected chi connectivity index (χ2v) is 5.74. The molecule has 1 heterocycles. The molecule has 1 N–H and O–H groups in total. The Kier molecular flexibility index (Phi) is 3.65. The molecule has 0 bridgehead atoms. The van der Waals surface area contributed by atoms with Gasteiger partial charge in [-0.3, -0.25) is 4.99 Å². The monoisotopic (exact) mass is 298 g/mol. The number of para-hydroxylation sites is 1. The van der Waals surface area contributed by atoms with Crippen molar-refractivity contribution in [2.24, 2.45) is 4.99 Å². The highest BCUT2D eigenvalue weighted by Crippen LogP contribution is 2.30. The van der Waals surface area contributed by atoms with Crippen LogP contribution in [0.15, 0.2) is 89.9 Å². The maximum absolute atomic E-state index is 4.83. The molecule has 0 spiro atoms. The average molecular weight is 298 g/mol. The van der Waals surface area contributed by atoms with Gasteiger partial charge >= 0.3 is 0 Å². The number of nitrogens with zero attached hydrogens (tertiary/aromatic N) is 1. The van der Waals surface area contributed by atoms with Gasteiger partial charge in [-0.1, -0.05) is 78.9 Å². The first-order valence-electron chi connectivity index (χ1n) is 7.91. The van der Waals surface area contributed by atoms with Crippen LogP contribution < -0.4 is 5.32 Å². The number of hydrogen-bond acceptors (Lipinski definition) is 2. The summed E-state index contributed by atoms with van der Waals surface area (Å²) in [7, 11) is 0. The second-order valence-electron chi connectivity index (χ2n) is 5.74. The summed E-state index contributed by atoms with van der Waals surface area (Å²) in [5.74, 6) is 1.15. The minimum atomic E-state index is 0.130. The summed E-state index contributed by atoms with van der Waals surface area (Å²) in [6.07, 6.45) is 0. The van der Waals surface area contributed by atoms with E-state index in [4.69, 9.17) is 4.99 Å². The normalized spacial score (nSPS) is 13.2. The molecule has 1 aliphatic heterocycles. The number of rotatable bonds is 3. The van der Waals surface area contributed by atoms with Crippen molar-refractivity contribution >= 4 is 11.5 Å². The quantitative estimate of drug-likeness (QED) is 0.735. The van der Waals surface area contributed by atoms with E-state index in [1.54, 1.807) is 0 Å². The van der Waals surface area contributed by atoms with Crippen LogP contribution in [-0.2, 0) is 6.54 Å². The van der Waals surface area contributed by atoms with Crippen molar-refractivity contribution in [3.05, 3.63) is 102 Å². The molecule has 0 unspecified atom stereocenters. The van der Waals surface area contributed by atoms with E-state index in [0.29, 0.717) is 0 Å². The third-order valence-corrected chi connectivity index (χ3v) is 4.24. The predicted octanol–water partition coefficient (Wildman–Crippen LogP) is 4.84. The van der Waals surface area contributed by atoms with Crippen LogP contribution in [-0.4, -0.2) is 5.84 Å². The highest BCUT2D eigenvalue weighted by atomic mass is 15.0. The lowest BCUT2D eigenvalue weighted by atomic mass is 9.89. The number of aliphatic imine (C=N–C) groups is 1. The lowest BCUT2D eigenvalue weighted by Gasteiger charge is -2.26. The third-order valence-electron chi connectivity index (χ3n) is 4.24. The first-order valence-corrected chi connectivity index (χ1v) is 7.91. The van der Waals surface area contributed by atoms with Crippen molar-refractivity contribution in [3.63, 3.8) is 0 Å². The molecule has 3 aromatic carbocycles. The molecule has 0 amide bonds. The Labute approximate surface area is 136 Å². The Balaban J connectivity index is 1.77. The van der Waals surface area contributed by atoms with Gasteiger partial charge in [0.2, 0.25) is 0 Å². The van der Waals surface area contributed by atoms with Crippen molar-refractivity contribution < 1.29 is 0 Å². The Hall–Kier alpha value is -2.87. The summed E-state index contributed by atoms with van der Waals surface area (Å²) in [6.45, 7) is 0.731. The summed E-state index contributed by atoms with van der Waals surface area (Å²) in [4.78, 5) is 4.83. The minimum absolute atomic E-state index is 0.130. The van der Waals surface area contributed by atoms with Gasteiger partial charge in [-0.2, -0.15) is 0 Å². The Morgan fingerprint density at radius 3 is 1.91 bits per heavy atom. The molecule has 1 aliphatic rings. The Morgan fingerprint density at radius 1 is 0.696 bits per heavy atom. The molecular weight excluding hydrogens is 280 g/mol. The molecule has 4 rings (SSSR count). The van der Waals surface area contributed by atoms with Gasteiger partial charge < -0.3 is 5.32 Å². The highest BCUT2D eigenvalue weighted by Gasteiger charge is 2.23. The van der Waals surface area contributed by atoms with E-state index in [1.165, 1.54) is 16.7 Å². The number of fused-ring (bicyclic) bond motifs is 1. The number of nitrogens with one attached hydrogen (secondary N) is 1. The van der Waals surface area contributed by atoms with Crippen molar-refractivity contribution in [1.29, 1.82) is 0 Å². The molecule has 0 saturated heterocycles. The SMILES string of the molecule is c1ccc(C(C2=NCc3ccccc3N2)c2ccccc2)cc1. The zero-order valence-corrected chi connectivity index (χ0v) is 12.8. The summed E-state index contributed by atoms with van der Waals surface area (Å²) in [5.41, 5.74) is 4.92. The van der Waals surface area contributed by atoms with E-state index in [0.717, 1.165) is 18.1 Å². The molecule has 0 atom stereocenters. The molecule has 2 heteroatoms. The van der Waals surface area contributed by atoms with E-state index < -0.39 is 0 Å². The summed E-state index contributed by atoms with van der Waals surface area (Å²) in [6, 6.07) is 29.5. The summed E-state index contributed by atoms with van der Waals surface area (Å²) < 4.78 is 0. The number of amidine groups is 1. The fourth-order valence-electron chi connectivity index (χ4n) is 3.09. The van der Waals surface area contributed by atoms with Crippen LogP contribution in [0.1, 0.15) is 22.6 Å². The van der Waals surface area contributed by atoms with Crippen LogP contribution in [0.4, 0.5) is 5.69 Å². The molecular formula is C21H18N2. The van der Waals surface area contributed by atoms with Gasteiger partial charge in [-0.25, -0.2) is 0 Å². The summed E-state index contributed by atoms with van der Waals surface area (Å²) >= 11 is 0. The number of anilines is 1. The zero-order valence-electron chi connectivity index (χ0n) is 12.8. The Morgan fingerprint density at radius 2 is 1.26 bits per heavy atom. The van der Waals surface area contributed by atoms with Crippen molar-refractivity contribution in [2.75, 3.05) is 5.32 Å². The van der Waals surface area contributed by atoms with E-state index in [9.17, 15) is 0 Å². The topological polar surface area (TPSA) is 24.4 Å². The van der Waals surface area contributed by atoms with E-state index in [2.05, 4.69) is 90.2 Å². The number of hydrogen-bond donors (Lipinski definition) is 1. The van der Waals surface area contributed by atoms with Crippen LogP contribution in [0.3, 0.4) is 0 Å². The van der Waals surface area contributed by atoms with Gasteiger partial charge in [-0.05, 0) is 22.8 Å². The lowest BCUT2D eigenvalue weighted by Crippen LogP contribution is -2.26. The second kappa shape index (κ2) is 6.09. The van der Waals surface area contributed by atoms with Gasteiger partial charge in [0, 0.05) is 5.69 Å². The molecule has 0 aliphatic carbocycles. The standard InChI is InChI=1S/C21H18N2/c1-3-9-16(10-4-1)20(17-11-5-2-6-12-17)21-22-15-18-13-7-8-14-19(18)23-21/h1-14,20H,15H2,(H,22,23). The van der Waals surface area contributed by atoms with Gasteiger partial charge in [0.1, 0.15) is 5.84 Å². The van der Waals surface area contributed by atoms with Gasteiger partial charge in [-0.15, -0.1) is 0 Å². The lowest BCUT2D eigenvalue weighted by molar-refractivity contribution is 0.981. The molecule has 2 nitrogen and oxygen atoms in total. The molecule has 3 aromatic rings. The third kappa shape index (κ3) is 2.76. The molecule has 0 saturated carbocycles. The van der Waals surface area contributed by atoms with Crippen molar-refractivity contribution in [2.45, 2.75) is 12.5 Å². The van der Waals surface area contributed by atoms with Crippen LogP contribution in [0.2, 0.25) is 0 Å². The largest absolute Gasteiger partial charge is 0.343 e. The summed E-state index contributed by atoms with van der Waals surface area (Å²) in [5, 5.41) is 3.54. The average Bonchev–Trinajstić information content (AvgIpc) is 2.64. The molecule has 0 radical (unpaired) electrons. The molecule has 0 aromatic heterocycles. The zero-order chi connectivity index (χ0) is 15.5. The van der Waals surface area contributed by atoms with Crippen LogP contribution in [0.25, 0.3) is 0 Å². The van der Waals surface area contributed by atoms with Crippen molar-refractivity contribution in [1.82, 2.24) is 0 Å². The van der Waals surface area contributed by atoms with Crippen LogP contribution in [0.5, 0.6) is 0 Å². The maximum Gasteiger partial charge on any atom is 0.113 e. The fourth-order valence-corrected chi connectivity index (χ4v) is 3.09. The maximum atomic E-state index is 4.83. The fraction of sp³-hybridized carbons (Fsp3) is 0.0952. The van der Waals surface area contributed by atoms with Crippen molar-refractivity contribution in [3.8, 4) is 0 Å². The van der Waals surface area contributed by atoms with Gasteiger partial charge in [0.05, 0.1) is 12.5 Å². The van der Waals surface area contributed by atoms with E-state index >= 15 is 0 Å². The first kappa shape index (κ1) is 13.8. The van der Waals surface area contributed by atoms with Gasteiger partial charge in [0.15, 0.2) is 0 Å². The first-order chi connectivity index (χ1) is 11.4. The van der Waals surface area contributed by atoms with Crippen LogP contribution >= 0.6 is 0 Å². The van der Waals surface area contributed by atoms with E-state index in [-0.39, 0.29) is 5.92 Å². The smallest absolute Gasteiger partial charge is 0.113 e. The van der Waals surface area contributed by atoms with Gasteiger partial charge in [0.25, 0.3) is 0 Å². The molecule has 112 valence electrons. The minimum Gasteiger partial charge on any atom is -0.343 e. The predicted molar refractivity (Wildman–Crippen MR) is 95.9 cm³/mol. The highest BCUT2D eigenvalue weighted by molar-refractivity contribution is 6.03.